The zero-order valence-electron chi connectivity index (χ0n) is 7.67. The molecule has 0 atom stereocenters. The molecular weight excluding hydrogens is 158 g/mol. The molecule has 2 rings (SSSR count). The van der Waals surface area contributed by atoms with Gasteiger partial charge in [-0.15, -0.1) is 0 Å². The summed E-state index contributed by atoms with van der Waals surface area (Å²) in [5, 5.41) is 8.60. The highest BCUT2D eigenvalue weighted by atomic mass is 14.2. The van der Waals surface area contributed by atoms with Crippen LogP contribution >= 0.6 is 0 Å². The lowest BCUT2D eigenvalue weighted by molar-refractivity contribution is 1.08. The predicted octanol–water partition coefficient (Wildman–Crippen LogP) is 2.85. The largest absolute Gasteiger partial charge is 0.193 e. The quantitative estimate of drug-likeness (QED) is 0.548. The Kier molecular flexibility index (Phi) is 1.90. The molecule has 0 aliphatic heterocycles. The molecule has 0 saturated heterocycles. The van der Waals surface area contributed by atoms with Crippen LogP contribution in [0.3, 0.4) is 0 Å². The van der Waals surface area contributed by atoms with Crippen molar-refractivity contribution in [3.8, 4) is 6.07 Å². The monoisotopic (exact) mass is 169 g/mol. The van der Waals surface area contributed by atoms with Gasteiger partial charge in [-0.2, -0.15) is 5.26 Å². The van der Waals surface area contributed by atoms with E-state index in [-0.39, 0.29) is 0 Å². The maximum atomic E-state index is 8.60. The van der Waals surface area contributed by atoms with Crippen LogP contribution in [0.4, 0.5) is 0 Å². The molecule has 0 heterocycles. The van der Waals surface area contributed by atoms with Gasteiger partial charge in [0.1, 0.15) is 0 Å². The Morgan fingerprint density at radius 2 is 2.23 bits per heavy atom. The van der Waals surface area contributed by atoms with Gasteiger partial charge in [-0.05, 0) is 36.5 Å². The van der Waals surface area contributed by atoms with Gasteiger partial charge in [0.15, 0.2) is 0 Å². The number of rotatable bonds is 0. The Morgan fingerprint density at radius 1 is 1.38 bits per heavy atom. The molecule has 1 nitrogen and oxygen atoms in total. The van der Waals surface area contributed by atoms with Crippen molar-refractivity contribution < 1.29 is 0 Å². The number of hydrogen-bond acceptors (Lipinski definition) is 1. The summed E-state index contributed by atoms with van der Waals surface area (Å²) >= 11 is 0. The number of hydrogen-bond donors (Lipinski definition) is 0. The average molecular weight is 169 g/mol. The third-order valence-electron chi connectivity index (χ3n) is 2.51. The van der Waals surface area contributed by atoms with Crippen LogP contribution in [-0.2, 0) is 6.42 Å². The molecule has 0 fully saturated rings. The highest BCUT2D eigenvalue weighted by Crippen LogP contribution is 2.32. The first kappa shape index (κ1) is 8.07. The van der Waals surface area contributed by atoms with E-state index in [1.165, 1.54) is 22.3 Å². The molecule has 0 radical (unpaired) electrons. The van der Waals surface area contributed by atoms with Gasteiger partial charge in [0, 0.05) is 6.08 Å². The van der Waals surface area contributed by atoms with Crippen LogP contribution in [0.5, 0.6) is 0 Å². The van der Waals surface area contributed by atoms with Crippen molar-refractivity contribution in [2.45, 2.75) is 19.8 Å². The topological polar surface area (TPSA) is 23.8 Å². The van der Waals surface area contributed by atoms with Crippen molar-refractivity contribution in [2.24, 2.45) is 0 Å². The lowest BCUT2D eigenvalue weighted by Gasteiger charge is -2.00. The number of aryl methyl sites for hydroxylation is 2. The molecule has 0 spiro atoms. The lowest BCUT2D eigenvalue weighted by Crippen LogP contribution is -1.82. The third kappa shape index (κ3) is 1.36. The highest BCUT2D eigenvalue weighted by molar-refractivity contribution is 5.74. The number of nitriles is 1. The van der Waals surface area contributed by atoms with E-state index in [4.69, 9.17) is 5.26 Å². The molecular formula is C12H11N. The van der Waals surface area contributed by atoms with E-state index in [2.05, 4.69) is 31.2 Å². The molecule has 0 saturated carbocycles. The van der Waals surface area contributed by atoms with Crippen molar-refractivity contribution >= 4 is 5.57 Å². The smallest absolute Gasteiger partial charge is 0.0915 e. The molecule has 1 heteroatoms. The van der Waals surface area contributed by atoms with Crippen LogP contribution in [0.25, 0.3) is 5.57 Å². The van der Waals surface area contributed by atoms with Crippen LogP contribution in [0, 0.1) is 18.3 Å². The Balaban J connectivity index is 2.54. The van der Waals surface area contributed by atoms with Crippen molar-refractivity contribution in [1.82, 2.24) is 0 Å². The van der Waals surface area contributed by atoms with E-state index in [1.54, 1.807) is 6.08 Å². The zero-order chi connectivity index (χ0) is 9.26. The summed E-state index contributed by atoms with van der Waals surface area (Å²) in [4.78, 5) is 0. The van der Waals surface area contributed by atoms with Gasteiger partial charge in [-0.1, -0.05) is 23.8 Å². The molecule has 0 amide bonds. The lowest BCUT2D eigenvalue weighted by atomic mass is 10.0. The first-order valence-corrected chi connectivity index (χ1v) is 4.50. The van der Waals surface area contributed by atoms with Crippen LogP contribution in [0.2, 0.25) is 0 Å². The van der Waals surface area contributed by atoms with Gasteiger partial charge >= 0.3 is 0 Å². The summed E-state index contributed by atoms with van der Waals surface area (Å²) < 4.78 is 0. The summed E-state index contributed by atoms with van der Waals surface area (Å²) in [6.07, 6.45) is 3.78. The van der Waals surface area contributed by atoms with Gasteiger partial charge in [-0.25, -0.2) is 0 Å². The molecule has 0 unspecified atom stereocenters. The van der Waals surface area contributed by atoms with E-state index in [9.17, 15) is 0 Å². The van der Waals surface area contributed by atoms with E-state index in [0.717, 1.165) is 12.8 Å². The fraction of sp³-hybridized carbons (Fsp3) is 0.250. The number of allylic oxidation sites excluding steroid dienone is 2. The standard InChI is InChI=1S/C12H11N/c1-9-2-3-10-4-5-11(6-7-13)12(10)8-9/h2-3,6,8H,4-5H2,1H3/b11-6-. The van der Waals surface area contributed by atoms with Gasteiger partial charge in [0.05, 0.1) is 6.07 Å². The Labute approximate surface area is 78.3 Å². The summed E-state index contributed by atoms with van der Waals surface area (Å²) in [6, 6.07) is 8.58. The number of benzene rings is 1. The summed E-state index contributed by atoms with van der Waals surface area (Å²) in [7, 11) is 0. The van der Waals surface area contributed by atoms with Crippen molar-refractivity contribution in [3.63, 3.8) is 0 Å². The van der Waals surface area contributed by atoms with Crippen molar-refractivity contribution in [2.75, 3.05) is 0 Å². The van der Waals surface area contributed by atoms with Crippen LogP contribution in [0.1, 0.15) is 23.1 Å². The van der Waals surface area contributed by atoms with Crippen LogP contribution < -0.4 is 0 Å². The SMILES string of the molecule is Cc1ccc2c(c1)/C(=C\C#N)CC2. The Bertz CT molecular complexity index is 408. The second kappa shape index (κ2) is 3.06. The van der Waals surface area contributed by atoms with E-state index in [1.807, 2.05) is 0 Å². The Morgan fingerprint density at radius 3 is 3.00 bits per heavy atom. The van der Waals surface area contributed by atoms with E-state index < -0.39 is 0 Å². The third-order valence-corrected chi connectivity index (χ3v) is 2.51. The van der Waals surface area contributed by atoms with Gasteiger partial charge in [0.2, 0.25) is 0 Å². The minimum absolute atomic E-state index is 1.02. The van der Waals surface area contributed by atoms with Crippen molar-refractivity contribution in [3.05, 3.63) is 41.0 Å². The van der Waals surface area contributed by atoms with E-state index in [0.29, 0.717) is 0 Å². The fourth-order valence-corrected chi connectivity index (χ4v) is 1.84. The molecule has 1 aliphatic carbocycles. The average Bonchev–Trinajstić information content (AvgIpc) is 2.49. The highest BCUT2D eigenvalue weighted by Gasteiger charge is 2.15. The summed E-state index contributed by atoms with van der Waals surface area (Å²) in [5.41, 5.74) is 5.12. The summed E-state index contributed by atoms with van der Waals surface area (Å²) in [6.45, 7) is 2.09. The van der Waals surface area contributed by atoms with Crippen molar-refractivity contribution in [1.29, 1.82) is 5.26 Å². The van der Waals surface area contributed by atoms with Gasteiger partial charge in [-0.3, -0.25) is 0 Å². The molecule has 1 aromatic carbocycles. The maximum absolute atomic E-state index is 8.60. The minimum atomic E-state index is 1.02. The molecule has 0 N–H and O–H groups in total. The predicted molar refractivity (Wildman–Crippen MR) is 53.1 cm³/mol. The molecule has 1 aliphatic rings. The molecule has 0 aromatic heterocycles. The molecule has 1 aromatic rings. The molecule has 13 heavy (non-hydrogen) atoms. The number of fused-ring (bicyclic) bond motifs is 1. The molecule has 0 bridgehead atoms. The van der Waals surface area contributed by atoms with Crippen LogP contribution in [-0.4, -0.2) is 0 Å². The minimum Gasteiger partial charge on any atom is -0.193 e. The fourth-order valence-electron chi connectivity index (χ4n) is 1.84. The second-order valence-electron chi connectivity index (χ2n) is 3.46. The summed E-state index contributed by atoms with van der Waals surface area (Å²) in [5.74, 6) is 0. The zero-order valence-corrected chi connectivity index (χ0v) is 7.67. The van der Waals surface area contributed by atoms with Gasteiger partial charge in [0.25, 0.3) is 0 Å². The first-order chi connectivity index (χ1) is 6.31. The first-order valence-electron chi connectivity index (χ1n) is 4.50. The second-order valence-corrected chi connectivity index (χ2v) is 3.46. The number of nitrogens with zero attached hydrogens (tertiary/aromatic N) is 1. The van der Waals surface area contributed by atoms with Crippen LogP contribution in [0.15, 0.2) is 24.3 Å². The maximum Gasteiger partial charge on any atom is 0.0915 e. The molecule has 64 valence electrons. The normalized spacial score (nSPS) is 17.1. The Hall–Kier alpha value is -1.55. The van der Waals surface area contributed by atoms with Gasteiger partial charge < -0.3 is 0 Å². The van der Waals surface area contributed by atoms with E-state index >= 15 is 0 Å².